The fourth-order valence-corrected chi connectivity index (χ4v) is 3.29. The number of carboxylic acids is 1. The lowest BCUT2D eigenvalue weighted by Gasteiger charge is -2.33. The van der Waals surface area contributed by atoms with Gasteiger partial charge in [0, 0.05) is 19.0 Å². The molecule has 0 radical (unpaired) electrons. The third kappa shape index (κ3) is 2.29. The van der Waals surface area contributed by atoms with Gasteiger partial charge in [-0.05, 0) is 25.2 Å². The van der Waals surface area contributed by atoms with Crippen molar-refractivity contribution < 1.29 is 14.7 Å². The highest BCUT2D eigenvalue weighted by atomic mass is 16.4. The molecule has 5 nitrogen and oxygen atoms in total. The van der Waals surface area contributed by atoms with Crippen LogP contribution in [-0.2, 0) is 9.59 Å². The lowest BCUT2D eigenvalue weighted by Crippen LogP contribution is -2.46. The summed E-state index contributed by atoms with van der Waals surface area (Å²) in [5.41, 5.74) is 5.39. The Morgan fingerprint density at radius 3 is 2.65 bits per heavy atom. The summed E-state index contributed by atoms with van der Waals surface area (Å²) >= 11 is 0. The van der Waals surface area contributed by atoms with Gasteiger partial charge in [0.25, 0.3) is 0 Å². The van der Waals surface area contributed by atoms with Gasteiger partial charge in [0.1, 0.15) is 6.04 Å². The van der Waals surface area contributed by atoms with Crippen LogP contribution in [0.3, 0.4) is 0 Å². The highest BCUT2D eigenvalue weighted by Crippen LogP contribution is 2.39. The first-order chi connectivity index (χ1) is 8.15. The number of hydrogen-bond acceptors (Lipinski definition) is 3. The van der Waals surface area contributed by atoms with E-state index in [2.05, 4.69) is 0 Å². The summed E-state index contributed by atoms with van der Waals surface area (Å²) in [5, 5.41) is 9.22. The molecule has 0 aromatic carbocycles. The molecule has 2 rings (SSSR count). The van der Waals surface area contributed by atoms with E-state index >= 15 is 0 Å². The second-order valence-corrected chi connectivity index (χ2v) is 5.04. The zero-order valence-electron chi connectivity index (χ0n) is 9.97. The van der Waals surface area contributed by atoms with Gasteiger partial charge in [-0.1, -0.05) is 12.8 Å². The zero-order chi connectivity index (χ0) is 12.4. The molecule has 1 saturated carbocycles. The first kappa shape index (κ1) is 12.4. The summed E-state index contributed by atoms with van der Waals surface area (Å²) in [6.07, 6.45) is 5.14. The molecule has 1 aliphatic heterocycles. The van der Waals surface area contributed by atoms with Gasteiger partial charge < -0.3 is 15.7 Å². The molecule has 17 heavy (non-hydrogen) atoms. The molecule has 1 saturated heterocycles. The van der Waals surface area contributed by atoms with Crippen LogP contribution in [-0.4, -0.2) is 40.5 Å². The van der Waals surface area contributed by atoms with E-state index in [1.807, 2.05) is 0 Å². The van der Waals surface area contributed by atoms with Crippen LogP contribution in [0, 0.1) is 5.92 Å². The molecule has 0 aromatic heterocycles. The predicted molar refractivity (Wildman–Crippen MR) is 62.3 cm³/mol. The van der Waals surface area contributed by atoms with Crippen LogP contribution in [0.5, 0.6) is 0 Å². The van der Waals surface area contributed by atoms with E-state index in [1.165, 1.54) is 0 Å². The molecule has 0 bridgehead atoms. The van der Waals surface area contributed by atoms with Gasteiger partial charge >= 0.3 is 5.97 Å². The normalized spacial score (nSPS) is 32.3. The maximum Gasteiger partial charge on any atom is 0.326 e. The lowest BCUT2D eigenvalue weighted by molar-refractivity contribution is -0.149. The first-order valence-corrected chi connectivity index (χ1v) is 6.39. The summed E-state index contributed by atoms with van der Waals surface area (Å²) in [5.74, 6) is -0.578. The van der Waals surface area contributed by atoms with Gasteiger partial charge in [-0.15, -0.1) is 0 Å². The molecular weight excluding hydrogens is 220 g/mol. The number of nitrogens with two attached hydrogens (primary N) is 1. The van der Waals surface area contributed by atoms with E-state index in [0.717, 1.165) is 25.7 Å². The van der Waals surface area contributed by atoms with Crippen LogP contribution in [0.15, 0.2) is 0 Å². The molecule has 1 heterocycles. The monoisotopic (exact) mass is 240 g/mol. The van der Waals surface area contributed by atoms with E-state index in [1.54, 1.807) is 4.90 Å². The fraction of sp³-hybridized carbons (Fsp3) is 0.833. The van der Waals surface area contributed by atoms with Gasteiger partial charge in [0.2, 0.25) is 5.91 Å². The summed E-state index contributed by atoms with van der Waals surface area (Å²) < 4.78 is 0. The van der Waals surface area contributed by atoms with E-state index in [-0.39, 0.29) is 18.4 Å². The number of hydrogen-bond donors (Lipinski definition) is 2. The van der Waals surface area contributed by atoms with Crippen LogP contribution in [0.4, 0.5) is 0 Å². The van der Waals surface area contributed by atoms with Gasteiger partial charge in [-0.3, -0.25) is 4.79 Å². The maximum atomic E-state index is 12.0. The Labute approximate surface area is 101 Å². The number of carboxylic acid groups (broad SMARTS) is 1. The van der Waals surface area contributed by atoms with Crippen LogP contribution in [0.2, 0.25) is 0 Å². The van der Waals surface area contributed by atoms with Crippen LogP contribution >= 0.6 is 0 Å². The van der Waals surface area contributed by atoms with E-state index in [4.69, 9.17) is 5.73 Å². The molecule has 1 amide bonds. The van der Waals surface area contributed by atoms with Crippen LogP contribution < -0.4 is 5.73 Å². The predicted octanol–water partition coefficient (Wildman–Crippen LogP) is 0.579. The molecule has 0 aromatic rings. The Morgan fingerprint density at radius 2 is 2.00 bits per heavy atom. The number of fused-ring (bicyclic) bond motifs is 1. The van der Waals surface area contributed by atoms with Crippen molar-refractivity contribution in [3.63, 3.8) is 0 Å². The second-order valence-electron chi connectivity index (χ2n) is 5.04. The van der Waals surface area contributed by atoms with Crippen molar-refractivity contribution in [2.75, 3.05) is 6.54 Å². The maximum absolute atomic E-state index is 12.0. The Balaban J connectivity index is 2.17. The molecule has 3 N–H and O–H groups in total. The molecule has 0 spiro atoms. The average molecular weight is 240 g/mol. The Morgan fingerprint density at radius 1 is 1.29 bits per heavy atom. The van der Waals surface area contributed by atoms with Crippen LogP contribution in [0.25, 0.3) is 0 Å². The fourth-order valence-electron chi connectivity index (χ4n) is 3.29. The average Bonchev–Trinajstić information content (AvgIpc) is 2.68. The highest BCUT2D eigenvalue weighted by molar-refractivity contribution is 5.84. The lowest BCUT2D eigenvalue weighted by atomic mass is 9.84. The number of rotatable bonds is 3. The molecule has 2 aliphatic rings. The minimum absolute atomic E-state index is 0.0886. The number of carbonyl (C=O) groups excluding carboxylic acids is 1. The molecular formula is C12H20N2O3. The van der Waals surface area contributed by atoms with Gasteiger partial charge in [-0.2, -0.15) is 0 Å². The molecule has 3 atom stereocenters. The summed E-state index contributed by atoms with van der Waals surface area (Å²) in [7, 11) is 0. The van der Waals surface area contributed by atoms with E-state index < -0.39 is 12.0 Å². The number of aliphatic carboxylic acids is 1. The first-order valence-electron chi connectivity index (χ1n) is 6.39. The smallest absolute Gasteiger partial charge is 0.326 e. The Bertz CT molecular complexity index is 319. The highest BCUT2D eigenvalue weighted by Gasteiger charge is 2.46. The number of amides is 1. The molecule has 96 valence electrons. The van der Waals surface area contributed by atoms with Crippen molar-refractivity contribution in [1.82, 2.24) is 4.90 Å². The standard InChI is InChI=1S/C12H20N2O3/c13-6-5-11(15)14-9-4-2-1-3-8(9)7-10(14)12(16)17/h8-10H,1-7,13H2,(H,16,17). The van der Waals surface area contributed by atoms with Crippen molar-refractivity contribution in [3.05, 3.63) is 0 Å². The molecule has 2 fully saturated rings. The van der Waals surface area contributed by atoms with Gasteiger partial charge in [-0.25, -0.2) is 4.79 Å². The zero-order valence-corrected chi connectivity index (χ0v) is 9.97. The Kier molecular flexibility index (Phi) is 3.66. The molecule has 3 unspecified atom stereocenters. The SMILES string of the molecule is NCCC(=O)N1C(C(=O)O)CC2CCCCC21. The number of nitrogens with zero attached hydrogens (tertiary/aromatic N) is 1. The van der Waals surface area contributed by atoms with Crippen molar-refractivity contribution in [2.24, 2.45) is 11.7 Å². The van der Waals surface area contributed by atoms with E-state index in [0.29, 0.717) is 18.9 Å². The van der Waals surface area contributed by atoms with Crippen molar-refractivity contribution in [3.8, 4) is 0 Å². The Hall–Kier alpha value is -1.10. The minimum atomic E-state index is -0.871. The van der Waals surface area contributed by atoms with Crippen molar-refractivity contribution in [1.29, 1.82) is 0 Å². The molecule has 5 heteroatoms. The number of likely N-dealkylation sites (tertiary alicyclic amines) is 1. The van der Waals surface area contributed by atoms with E-state index in [9.17, 15) is 14.7 Å². The summed E-state index contributed by atoms with van der Waals surface area (Å²) in [6, 6.07) is -0.481. The minimum Gasteiger partial charge on any atom is -0.480 e. The topological polar surface area (TPSA) is 83.6 Å². The quantitative estimate of drug-likeness (QED) is 0.755. The van der Waals surface area contributed by atoms with Crippen molar-refractivity contribution >= 4 is 11.9 Å². The number of carbonyl (C=O) groups is 2. The van der Waals surface area contributed by atoms with Crippen LogP contribution in [0.1, 0.15) is 38.5 Å². The third-order valence-corrected chi connectivity index (χ3v) is 4.02. The summed E-state index contributed by atoms with van der Waals surface area (Å²) in [6.45, 7) is 0.291. The third-order valence-electron chi connectivity index (χ3n) is 4.02. The largest absolute Gasteiger partial charge is 0.480 e. The second kappa shape index (κ2) is 5.04. The van der Waals surface area contributed by atoms with Gasteiger partial charge in [0.05, 0.1) is 0 Å². The molecule has 1 aliphatic carbocycles. The van der Waals surface area contributed by atoms with Crippen molar-refractivity contribution in [2.45, 2.75) is 50.6 Å². The van der Waals surface area contributed by atoms with Gasteiger partial charge in [0.15, 0.2) is 0 Å². The summed E-state index contributed by atoms with van der Waals surface area (Å²) in [4.78, 5) is 24.8.